The number of thiazole rings is 1. The maximum absolute atomic E-state index is 12.9. The van der Waals surface area contributed by atoms with Gasteiger partial charge in [0.25, 0.3) is 5.91 Å². The fourth-order valence-electron chi connectivity index (χ4n) is 3.52. The van der Waals surface area contributed by atoms with Crippen molar-refractivity contribution in [3.8, 4) is 5.13 Å². The van der Waals surface area contributed by atoms with Crippen molar-refractivity contribution in [1.82, 2.24) is 19.7 Å². The molecular formula is C21H20N6O2S. The number of ether oxygens (including phenoxy) is 1. The smallest absolute Gasteiger partial charge is 0.275 e. The fraction of sp³-hybridized carbons (Fsp3) is 0.238. The van der Waals surface area contributed by atoms with E-state index in [4.69, 9.17) is 4.74 Å². The van der Waals surface area contributed by atoms with Crippen molar-refractivity contribution < 1.29 is 9.53 Å². The van der Waals surface area contributed by atoms with E-state index >= 15 is 0 Å². The largest absolute Gasteiger partial charge is 0.380 e. The molecule has 9 heteroatoms. The molecule has 0 aliphatic carbocycles. The minimum absolute atomic E-state index is 0.269. The Morgan fingerprint density at radius 3 is 3.03 bits per heavy atom. The molecule has 0 spiro atoms. The van der Waals surface area contributed by atoms with E-state index in [0.29, 0.717) is 23.1 Å². The van der Waals surface area contributed by atoms with Crippen LogP contribution in [0.25, 0.3) is 16.0 Å². The number of pyridine rings is 1. The van der Waals surface area contributed by atoms with E-state index in [9.17, 15) is 4.79 Å². The first-order chi connectivity index (χ1) is 14.8. The van der Waals surface area contributed by atoms with Gasteiger partial charge in [-0.15, -0.1) is 11.3 Å². The number of carbonyl (C=O) groups excluding carboxylic acids is 1. The minimum atomic E-state index is -0.269. The average molecular weight is 420 g/mol. The van der Waals surface area contributed by atoms with E-state index in [0.717, 1.165) is 42.7 Å². The number of fused-ring (bicyclic) bond motifs is 1. The molecule has 152 valence electrons. The van der Waals surface area contributed by atoms with E-state index in [1.54, 1.807) is 28.7 Å². The molecule has 1 N–H and O–H groups in total. The Morgan fingerprint density at radius 2 is 2.07 bits per heavy atom. The van der Waals surface area contributed by atoms with Crippen LogP contribution in [0.5, 0.6) is 0 Å². The number of para-hydroxylation sites is 1. The summed E-state index contributed by atoms with van der Waals surface area (Å²) >= 11 is 1.38. The quantitative estimate of drug-likeness (QED) is 0.545. The van der Waals surface area contributed by atoms with Gasteiger partial charge in [0.2, 0.25) is 5.13 Å². The predicted molar refractivity (Wildman–Crippen MR) is 117 cm³/mol. The molecule has 1 aliphatic heterocycles. The van der Waals surface area contributed by atoms with Crippen molar-refractivity contribution in [1.29, 1.82) is 0 Å². The van der Waals surface area contributed by atoms with Crippen LogP contribution in [-0.4, -0.2) is 52.0 Å². The van der Waals surface area contributed by atoms with Gasteiger partial charge in [-0.05, 0) is 18.6 Å². The SMILES string of the molecule is O=C(Nc1cnccc1N1CCCOCC1)c1csc(-n2ncc3ccccc32)n1. The van der Waals surface area contributed by atoms with Crippen LogP contribution >= 0.6 is 11.3 Å². The zero-order valence-electron chi connectivity index (χ0n) is 16.2. The molecule has 1 amide bonds. The van der Waals surface area contributed by atoms with Gasteiger partial charge in [0.15, 0.2) is 0 Å². The first kappa shape index (κ1) is 18.7. The maximum Gasteiger partial charge on any atom is 0.275 e. The zero-order chi connectivity index (χ0) is 20.3. The number of nitrogens with zero attached hydrogens (tertiary/aromatic N) is 5. The highest BCUT2D eigenvalue weighted by atomic mass is 32.1. The summed E-state index contributed by atoms with van der Waals surface area (Å²) in [7, 11) is 0. The van der Waals surface area contributed by atoms with Gasteiger partial charge in [-0.2, -0.15) is 5.10 Å². The van der Waals surface area contributed by atoms with E-state index in [1.807, 2.05) is 30.3 Å². The number of anilines is 2. The third-order valence-electron chi connectivity index (χ3n) is 4.99. The lowest BCUT2D eigenvalue weighted by molar-refractivity contribution is 0.102. The summed E-state index contributed by atoms with van der Waals surface area (Å²) in [5.74, 6) is -0.269. The third kappa shape index (κ3) is 3.64. The number of hydrogen-bond donors (Lipinski definition) is 1. The monoisotopic (exact) mass is 420 g/mol. The fourth-order valence-corrected chi connectivity index (χ4v) is 4.30. The Hall–Kier alpha value is -3.30. The molecule has 4 heterocycles. The second-order valence-corrected chi connectivity index (χ2v) is 7.77. The summed E-state index contributed by atoms with van der Waals surface area (Å²) in [6.45, 7) is 3.08. The van der Waals surface area contributed by atoms with E-state index in [-0.39, 0.29) is 5.91 Å². The zero-order valence-corrected chi connectivity index (χ0v) is 17.0. The average Bonchev–Trinajstić information content (AvgIpc) is 3.34. The van der Waals surface area contributed by atoms with Gasteiger partial charge in [0.05, 0.1) is 35.9 Å². The number of aromatic nitrogens is 4. The summed E-state index contributed by atoms with van der Waals surface area (Å²) in [5, 5.41) is 10.8. The second-order valence-electron chi connectivity index (χ2n) is 6.93. The first-order valence-electron chi connectivity index (χ1n) is 9.76. The molecule has 0 unspecified atom stereocenters. The predicted octanol–water partition coefficient (Wildman–Crippen LogP) is 3.36. The molecule has 0 radical (unpaired) electrons. The van der Waals surface area contributed by atoms with E-state index in [1.165, 1.54) is 11.3 Å². The number of benzene rings is 1. The molecule has 0 atom stereocenters. The minimum Gasteiger partial charge on any atom is -0.380 e. The van der Waals surface area contributed by atoms with Crippen molar-refractivity contribution in [3.05, 3.63) is 60.0 Å². The van der Waals surface area contributed by atoms with Crippen LogP contribution in [-0.2, 0) is 4.74 Å². The lowest BCUT2D eigenvalue weighted by Crippen LogP contribution is -2.27. The third-order valence-corrected chi connectivity index (χ3v) is 5.81. The Kier molecular flexibility index (Phi) is 5.12. The van der Waals surface area contributed by atoms with Crippen LogP contribution in [0.15, 0.2) is 54.3 Å². The lowest BCUT2D eigenvalue weighted by atomic mass is 10.2. The van der Waals surface area contributed by atoms with Crippen molar-refractivity contribution in [3.63, 3.8) is 0 Å². The molecule has 5 rings (SSSR count). The Morgan fingerprint density at radius 1 is 1.13 bits per heavy atom. The molecule has 1 fully saturated rings. The van der Waals surface area contributed by atoms with E-state index in [2.05, 4.69) is 25.3 Å². The number of nitrogens with one attached hydrogen (secondary N) is 1. The second kappa shape index (κ2) is 8.21. The number of hydrogen-bond acceptors (Lipinski definition) is 7. The standard InChI is InChI=1S/C21H20N6O2S/c28-20(24-16-13-22-7-6-19(16)26-8-3-10-29-11-9-26)17-14-30-21(25-17)27-18-5-2-1-4-15(18)12-23-27/h1-2,4-7,12-14H,3,8-11H2,(H,24,28). The highest BCUT2D eigenvalue weighted by molar-refractivity contribution is 7.12. The van der Waals surface area contributed by atoms with Crippen molar-refractivity contribution in [2.45, 2.75) is 6.42 Å². The summed E-state index contributed by atoms with van der Waals surface area (Å²) in [5.41, 5.74) is 2.92. The summed E-state index contributed by atoms with van der Waals surface area (Å²) in [6, 6.07) is 9.83. The van der Waals surface area contributed by atoms with Gasteiger partial charge in [0.1, 0.15) is 5.69 Å². The molecule has 1 saturated heterocycles. The molecule has 0 saturated carbocycles. The molecule has 30 heavy (non-hydrogen) atoms. The van der Waals surface area contributed by atoms with Crippen LogP contribution in [0.3, 0.4) is 0 Å². The van der Waals surface area contributed by atoms with Crippen LogP contribution in [0, 0.1) is 0 Å². The Bertz CT molecular complexity index is 1180. The van der Waals surface area contributed by atoms with Crippen molar-refractivity contribution >= 4 is 39.5 Å². The van der Waals surface area contributed by atoms with Crippen LogP contribution < -0.4 is 10.2 Å². The first-order valence-corrected chi connectivity index (χ1v) is 10.6. The van der Waals surface area contributed by atoms with Crippen LogP contribution in [0.2, 0.25) is 0 Å². The van der Waals surface area contributed by atoms with Crippen molar-refractivity contribution in [2.75, 3.05) is 36.5 Å². The van der Waals surface area contributed by atoms with Crippen LogP contribution in [0.4, 0.5) is 11.4 Å². The van der Waals surface area contributed by atoms with Crippen LogP contribution in [0.1, 0.15) is 16.9 Å². The van der Waals surface area contributed by atoms with Crippen molar-refractivity contribution in [2.24, 2.45) is 0 Å². The Labute approximate surface area is 177 Å². The van der Waals surface area contributed by atoms with Gasteiger partial charge < -0.3 is 15.0 Å². The van der Waals surface area contributed by atoms with Gasteiger partial charge >= 0.3 is 0 Å². The highest BCUT2D eigenvalue weighted by Crippen LogP contribution is 2.27. The number of amides is 1. The maximum atomic E-state index is 12.9. The Balaban J connectivity index is 1.38. The van der Waals surface area contributed by atoms with Gasteiger partial charge in [0, 0.05) is 36.7 Å². The molecular weight excluding hydrogens is 400 g/mol. The summed E-state index contributed by atoms with van der Waals surface area (Å²) < 4.78 is 7.30. The summed E-state index contributed by atoms with van der Waals surface area (Å²) in [6.07, 6.45) is 6.15. The number of carbonyl (C=O) groups is 1. The molecule has 3 aromatic heterocycles. The normalized spacial score (nSPS) is 14.6. The molecule has 4 aromatic rings. The van der Waals surface area contributed by atoms with Gasteiger partial charge in [-0.1, -0.05) is 18.2 Å². The van der Waals surface area contributed by atoms with Gasteiger partial charge in [-0.25, -0.2) is 9.67 Å². The molecule has 8 nitrogen and oxygen atoms in total. The lowest BCUT2D eigenvalue weighted by Gasteiger charge is -2.24. The molecule has 1 aliphatic rings. The summed E-state index contributed by atoms with van der Waals surface area (Å²) in [4.78, 5) is 23.8. The molecule has 0 bridgehead atoms. The highest BCUT2D eigenvalue weighted by Gasteiger charge is 2.18. The number of rotatable bonds is 4. The van der Waals surface area contributed by atoms with E-state index < -0.39 is 0 Å². The molecule has 1 aromatic carbocycles. The van der Waals surface area contributed by atoms with Gasteiger partial charge in [-0.3, -0.25) is 9.78 Å². The topological polar surface area (TPSA) is 85.2 Å².